The van der Waals surface area contributed by atoms with E-state index in [2.05, 4.69) is 10.6 Å². The van der Waals surface area contributed by atoms with E-state index in [0.29, 0.717) is 17.7 Å². The Hall–Kier alpha value is -4.38. The molecular weight excluding hydrogens is 492 g/mol. The summed E-state index contributed by atoms with van der Waals surface area (Å²) in [5.41, 5.74) is 0.347. The predicted molar refractivity (Wildman–Crippen MR) is 152 cm³/mol. The Balaban J connectivity index is 1.98. The molecule has 3 rings (SSSR count). The average molecular weight is 529 g/mol. The Morgan fingerprint density at radius 2 is 1.62 bits per heavy atom. The zero-order valence-corrected chi connectivity index (χ0v) is 23.1. The number of hydrogen-bond acceptors (Lipinski definition) is 5. The molecule has 0 bridgehead atoms. The summed E-state index contributed by atoms with van der Waals surface area (Å²) < 4.78 is 5.39. The van der Waals surface area contributed by atoms with Gasteiger partial charge in [0.2, 0.25) is 5.91 Å². The van der Waals surface area contributed by atoms with Crippen LogP contribution in [0.3, 0.4) is 0 Å². The number of hydrogen-bond donors (Lipinski definition) is 2. The molecule has 0 saturated carbocycles. The van der Waals surface area contributed by atoms with Gasteiger partial charge in [0.1, 0.15) is 24.2 Å². The summed E-state index contributed by atoms with van der Waals surface area (Å²) in [6, 6.07) is 22.1. The number of ether oxygens (including phenoxy) is 1. The molecule has 3 unspecified atom stereocenters. The van der Waals surface area contributed by atoms with E-state index in [1.165, 1.54) is 4.90 Å². The van der Waals surface area contributed by atoms with Gasteiger partial charge in [0.25, 0.3) is 5.91 Å². The van der Waals surface area contributed by atoms with Crippen molar-refractivity contribution < 1.29 is 19.1 Å². The van der Waals surface area contributed by atoms with Crippen molar-refractivity contribution in [2.45, 2.75) is 58.7 Å². The number of rotatable bonds is 9. The molecule has 0 fully saturated rings. The molecule has 0 spiro atoms. The monoisotopic (exact) mass is 528 g/mol. The number of fused-ring (bicyclic) bond motifs is 1. The number of nitriles is 1. The van der Waals surface area contributed by atoms with Gasteiger partial charge in [-0.15, -0.1) is 0 Å². The lowest BCUT2D eigenvalue weighted by Gasteiger charge is -2.34. The molecule has 204 valence electrons. The molecule has 3 aromatic rings. The normalized spacial score (nSPS) is 13.4. The van der Waals surface area contributed by atoms with Crippen LogP contribution >= 0.6 is 0 Å². The Labute approximate surface area is 229 Å². The second kappa shape index (κ2) is 12.9. The van der Waals surface area contributed by atoms with Gasteiger partial charge in [-0.2, -0.15) is 5.26 Å². The maximum atomic E-state index is 14.0. The Morgan fingerprint density at radius 1 is 0.974 bits per heavy atom. The first kappa shape index (κ1) is 29.2. The van der Waals surface area contributed by atoms with Crippen LogP contribution < -0.4 is 10.6 Å². The van der Waals surface area contributed by atoms with Crippen molar-refractivity contribution in [3.63, 3.8) is 0 Å². The van der Waals surface area contributed by atoms with E-state index in [9.17, 15) is 19.6 Å². The topological polar surface area (TPSA) is 112 Å². The van der Waals surface area contributed by atoms with Crippen molar-refractivity contribution >= 4 is 34.4 Å². The van der Waals surface area contributed by atoms with Crippen LogP contribution in [0.5, 0.6) is 0 Å². The van der Waals surface area contributed by atoms with Crippen molar-refractivity contribution in [2.24, 2.45) is 5.92 Å². The summed E-state index contributed by atoms with van der Waals surface area (Å²) in [5.74, 6) is -1.30. The van der Waals surface area contributed by atoms with Gasteiger partial charge in [-0.1, -0.05) is 80.9 Å². The molecule has 0 heterocycles. The molecule has 3 aromatic carbocycles. The fourth-order valence-electron chi connectivity index (χ4n) is 4.25. The third-order valence-electron chi connectivity index (χ3n) is 6.37. The zero-order valence-electron chi connectivity index (χ0n) is 23.1. The van der Waals surface area contributed by atoms with Crippen LogP contribution in [0.25, 0.3) is 10.8 Å². The van der Waals surface area contributed by atoms with E-state index in [1.807, 2.05) is 62.4 Å². The highest BCUT2D eigenvalue weighted by atomic mass is 16.6. The molecule has 0 aliphatic heterocycles. The first-order valence-corrected chi connectivity index (χ1v) is 13.1. The van der Waals surface area contributed by atoms with Crippen LogP contribution in [-0.2, 0) is 14.3 Å². The maximum absolute atomic E-state index is 14.0. The van der Waals surface area contributed by atoms with Crippen LogP contribution in [0.15, 0.2) is 72.8 Å². The summed E-state index contributed by atoms with van der Waals surface area (Å²) in [5, 5.41) is 17.3. The summed E-state index contributed by atoms with van der Waals surface area (Å²) in [4.78, 5) is 41.7. The molecule has 3 atom stereocenters. The molecule has 8 heteroatoms. The number of amides is 3. The summed E-state index contributed by atoms with van der Waals surface area (Å²) in [7, 11) is 0. The molecule has 3 amide bonds. The standard InChI is InChI=1S/C31H36N4O4/c1-6-21(2)26(34-30(38)39-31(3,4)5)29(37)35(19-18-32)27(23-13-8-7-9-14-23)28(36)33-25-17-16-22-12-10-11-15-24(22)20-25/h7-17,20-21,26-27H,6,19H2,1-5H3,(H,33,36)(H,34,38). The predicted octanol–water partition coefficient (Wildman–Crippen LogP) is 5.81. The van der Waals surface area contributed by atoms with E-state index in [1.54, 1.807) is 51.1 Å². The fraction of sp³-hybridized carbons (Fsp3) is 0.355. The molecule has 0 radical (unpaired) electrons. The Morgan fingerprint density at radius 3 is 2.23 bits per heavy atom. The lowest BCUT2D eigenvalue weighted by atomic mass is 9.95. The van der Waals surface area contributed by atoms with Gasteiger partial charge in [-0.3, -0.25) is 9.59 Å². The Kier molecular flexibility index (Phi) is 9.67. The summed E-state index contributed by atoms with van der Waals surface area (Å²) in [6.07, 6.45) is -0.166. The van der Waals surface area contributed by atoms with Gasteiger partial charge in [0.05, 0.1) is 6.07 Å². The number of nitrogens with zero attached hydrogens (tertiary/aromatic N) is 2. The molecule has 0 aliphatic carbocycles. The zero-order chi connectivity index (χ0) is 28.6. The number of benzene rings is 3. The first-order valence-electron chi connectivity index (χ1n) is 13.1. The van der Waals surface area contributed by atoms with Gasteiger partial charge >= 0.3 is 6.09 Å². The molecule has 39 heavy (non-hydrogen) atoms. The van der Waals surface area contributed by atoms with Gasteiger partial charge in [-0.05, 0) is 55.2 Å². The summed E-state index contributed by atoms with van der Waals surface area (Å²) >= 11 is 0. The van der Waals surface area contributed by atoms with E-state index in [4.69, 9.17) is 4.74 Å². The molecule has 0 aliphatic rings. The quantitative estimate of drug-likeness (QED) is 0.340. The highest BCUT2D eigenvalue weighted by Crippen LogP contribution is 2.27. The van der Waals surface area contributed by atoms with Gasteiger partial charge in [-0.25, -0.2) is 4.79 Å². The second-order valence-electron chi connectivity index (χ2n) is 10.5. The maximum Gasteiger partial charge on any atom is 0.408 e. The van der Waals surface area contributed by atoms with Crippen molar-refractivity contribution in [1.82, 2.24) is 10.2 Å². The smallest absolute Gasteiger partial charge is 0.408 e. The minimum absolute atomic E-state index is 0.286. The highest BCUT2D eigenvalue weighted by Gasteiger charge is 2.38. The third kappa shape index (κ3) is 7.81. The molecule has 0 aromatic heterocycles. The van der Waals surface area contributed by atoms with Crippen LogP contribution in [0, 0.1) is 17.2 Å². The number of nitrogens with one attached hydrogen (secondary N) is 2. The van der Waals surface area contributed by atoms with E-state index in [0.717, 1.165) is 10.8 Å². The van der Waals surface area contributed by atoms with Crippen molar-refractivity contribution in [2.75, 3.05) is 11.9 Å². The highest BCUT2D eigenvalue weighted by molar-refractivity contribution is 6.00. The summed E-state index contributed by atoms with van der Waals surface area (Å²) in [6.45, 7) is 8.58. The van der Waals surface area contributed by atoms with E-state index < -0.39 is 35.6 Å². The lowest BCUT2D eigenvalue weighted by molar-refractivity contribution is -0.141. The molecule has 0 saturated heterocycles. The van der Waals surface area contributed by atoms with Crippen LogP contribution in [0.2, 0.25) is 0 Å². The average Bonchev–Trinajstić information content (AvgIpc) is 2.90. The SMILES string of the molecule is CCC(C)C(NC(=O)OC(C)(C)C)C(=O)N(CC#N)C(C(=O)Nc1ccc2ccccc2c1)c1ccccc1. The van der Waals surface area contributed by atoms with Crippen LogP contribution in [0.4, 0.5) is 10.5 Å². The van der Waals surface area contributed by atoms with Crippen LogP contribution in [0.1, 0.15) is 52.6 Å². The number of alkyl carbamates (subject to hydrolysis) is 1. The van der Waals surface area contributed by atoms with Crippen molar-refractivity contribution in [3.8, 4) is 6.07 Å². The van der Waals surface area contributed by atoms with Gasteiger partial charge in [0, 0.05) is 5.69 Å². The molecule has 2 N–H and O–H groups in total. The van der Waals surface area contributed by atoms with Crippen LogP contribution in [-0.4, -0.2) is 41.0 Å². The number of carbonyl (C=O) groups excluding carboxylic acids is 3. The second-order valence-corrected chi connectivity index (χ2v) is 10.5. The largest absolute Gasteiger partial charge is 0.444 e. The lowest BCUT2D eigenvalue weighted by Crippen LogP contribution is -2.54. The number of carbonyl (C=O) groups is 3. The van der Waals surface area contributed by atoms with Gasteiger partial charge in [0.15, 0.2) is 0 Å². The van der Waals surface area contributed by atoms with E-state index in [-0.39, 0.29) is 12.5 Å². The number of anilines is 1. The first-order chi connectivity index (χ1) is 18.5. The van der Waals surface area contributed by atoms with E-state index >= 15 is 0 Å². The fourth-order valence-corrected chi connectivity index (χ4v) is 4.25. The van der Waals surface area contributed by atoms with Crippen molar-refractivity contribution in [3.05, 3.63) is 78.4 Å². The third-order valence-corrected chi connectivity index (χ3v) is 6.37. The minimum atomic E-state index is -1.11. The van der Waals surface area contributed by atoms with Gasteiger partial charge < -0.3 is 20.3 Å². The Bertz CT molecular complexity index is 1340. The van der Waals surface area contributed by atoms with Crippen molar-refractivity contribution in [1.29, 1.82) is 5.26 Å². The minimum Gasteiger partial charge on any atom is -0.444 e. The molecule has 8 nitrogen and oxygen atoms in total. The molecular formula is C31H36N4O4.